The first-order chi connectivity index (χ1) is 8.59. The average Bonchev–Trinajstić information content (AvgIpc) is 2.39. The van der Waals surface area contributed by atoms with Crippen LogP contribution in [0.3, 0.4) is 0 Å². The number of likely N-dealkylation sites (tertiary alicyclic amines) is 2. The second-order valence-electron chi connectivity index (χ2n) is 5.95. The Hall–Kier alpha value is -0.610. The number of nitrogens with zero attached hydrogens (tertiary/aromatic N) is 2. The second-order valence-corrected chi connectivity index (χ2v) is 5.95. The van der Waals surface area contributed by atoms with Crippen LogP contribution < -0.4 is 0 Å². The van der Waals surface area contributed by atoms with E-state index in [0.29, 0.717) is 12.1 Å². The van der Waals surface area contributed by atoms with Crippen LogP contribution >= 0.6 is 0 Å². The molecule has 2 saturated heterocycles. The summed E-state index contributed by atoms with van der Waals surface area (Å²) < 4.78 is 0. The van der Waals surface area contributed by atoms with Gasteiger partial charge in [-0.25, -0.2) is 0 Å². The van der Waals surface area contributed by atoms with Crippen LogP contribution in [0.4, 0.5) is 0 Å². The lowest BCUT2D eigenvalue weighted by molar-refractivity contribution is -0.146. The molecule has 2 rings (SSSR count). The highest BCUT2D eigenvalue weighted by molar-refractivity contribution is 5.73. The molecule has 0 spiro atoms. The van der Waals surface area contributed by atoms with Crippen LogP contribution in [0.5, 0.6) is 0 Å². The van der Waals surface area contributed by atoms with Gasteiger partial charge in [-0.15, -0.1) is 0 Å². The summed E-state index contributed by atoms with van der Waals surface area (Å²) in [5, 5.41) is 9.33. The largest absolute Gasteiger partial charge is 0.480 e. The summed E-state index contributed by atoms with van der Waals surface area (Å²) in [6, 6.07) is 0.873. The van der Waals surface area contributed by atoms with Crippen molar-refractivity contribution >= 4 is 5.97 Å². The minimum Gasteiger partial charge on any atom is -0.480 e. The van der Waals surface area contributed by atoms with Crippen LogP contribution in [-0.4, -0.2) is 58.6 Å². The van der Waals surface area contributed by atoms with Gasteiger partial charge in [0.2, 0.25) is 0 Å². The monoisotopic (exact) mass is 254 g/mol. The van der Waals surface area contributed by atoms with E-state index in [2.05, 4.69) is 23.6 Å². The normalized spacial score (nSPS) is 28.7. The molecule has 1 atom stereocenters. The van der Waals surface area contributed by atoms with E-state index < -0.39 is 5.97 Å². The zero-order chi connectivity index (χ0) is 13.1. The van der Waals surface area contributed by atoms with Gasteiger partial charge in [0.1, 0.15) is 6.04 Å². The number of rotatable bonds is 3. The molecular formula is C14H26N2O2. The molecule has 1 unspecified atom stereocenters. The molecule has 2 aliphatic heterocycles. The first-order valence-corrected chi connectivity index (χ1v) is 7.32. The van der Waals surface area contributed by atoms with Gasteiger partial charge in [-0.1, -0.05) is 6.42 Å². The average molecular weight is 254 g/mol. The smallest absolute Gasteiger partial charge is 0.320 e. The Balaban J connectivity index is 1.93. The van der Waals surface area contributed by atoms with Crippen molar-refractivity contribution in [2.45, 2.75) is 64.1 Å². The Bertz CT molecular complexity index is 286. The molecule has 104 valence electrons. The molecule has 0 radical (unpaired) electrons. The summed E-state index contributed by atoms with van der Waals surface area (Å²) in [5.41, 5.74) is 0. The van der Waals surface area contributed by atoms with Gasteiger partial charge in [-0.3, -0.25) is 9.69 Å². The van der Waals surface area contributed by atoms with Crippen molar-refractivity contribution in [1.29, 1.82) is 0 Å². The van der Waals surface area contributed by atoms with Crippen LogP contribution in [0.25, 0.3) is 0 Å². The van der Waals surface area contributed by atoms with E-state index in [1.807, 2.05) is 0 Å². The Kier molecular flexibility index (Phi) is 4.62. The fourth-order valence-electron chi connectivity index (χ4n) is 3.39. The van der Waals surface area contributed by atoms with E-state index in [9.17, 15) is 9.90 Å². The van der Waals surface area contributed by atoms with Crippen molar-refractivity contribution in [2.75, 3.05) is 19.6 Å². The number of carboxylic acids is 1. The quantitative estimate of drug-likeness (QED) is 0.834. The molecule has 18 heavy (non-hydrogen) atoms. The van der Waals surface area contributed by atoms with E-state index in [0.717, 1.165) is 51.7 Å². The van der Waals surface area contributed by atoms with Gasteiger partial charge >= 0.3 is 5.97 Å². The molecule has 4 nitrogen and oxygen atoms in total. The van der Waals surface area contributed by atoms with Crippen LogP contribution in [0.2, 0.25) is 0 Å². The topological polar surface area (TPSA) is 43.8 Å². The minimum absolute atomic E-state index is 0.227. The molecule has 1 N–H and O–H groups in total. The first kappa shape index (κ1) is 13.8. The number of hydrogen-bond acceptors (Lipinski definition) is 3. The fraction of sp³-hybridized carbons (Fsp3) is 0.929. The Morgan fingerprint density at radius 1 is 1.11 bits per heavy atom. The highest BCUT2D eigenvalue weighted by Gasteiger charge is 2.35. The van der Waals surface area contributed by atoms with Crippen molar-refractivity contribution in [3.8, 4) is 0 Å². The SMILES string of the molecule is CC(C)N1CCC(N2CCCCC2C(=O)O)CC1. The van der Waals surface area contributed by atoms with Crippen molar-refractivity contribution in [3.63, 3.8) is 0 Å². The fourth-order valence-corrected chi connectivity index (χ4v) is 3.39. The van der Waals surface area contributed by atoms with Gasteiger partial charge in [0, 0.05) is 12.1 Å². The van der Waals surface area contributed by atoms with Crippen molar-refractivity contribution in [3.05, 3.63) is 0 Å². The highest BCUT2D eigenvalue weighted by atomic mass is 16.4. The number of hydrogen-bond donors (Lipinski definition) is 1. The van der Waals surface area contributed by atoms with Gasteiger partial charge in [0.25, 0.3) is 0 Å². The molecule has 0 aromatic carbocycles. The van der Waals surface area contributed by atoms with E-state index in [-0.39, 0.29) is 6.04 Å². The molecule has 0 saturated carbocycles. The third-order valence-corrected chi connectivity index (χ3v) is 4.53. The van der Waals surface area contributed by atoms with Crippen LogP contribution in [-0.2, 0) is 4.79 Å². The summed E-state index contributed by atoms with van der Waals surface area (Å²) >= 11 is 0. The van der Waals surface area contributed by atoms with E-state index in [1.54, 1.807) is 0 Å². The molecule has 2 aliphatic rings. The molecule has 0 bridgehead atoms. The van der Waals surface area contributed by atoms with Crippen molar-refractivity contribution in [1.82, 2.24) is 9.80 Å². The van der Waals surface area contributed by atoms with Crippen molar-refractivity contribution < 1.29 is 9.90 Å². The number of piperidine rings is 2. The van der Waals surface area contributed by atoms with Crippen molar-refractivity contribution in [2.24, 2.45) is 0 Å². The van der Waals surface area contributed by atoms with Gasteiger partial charge in [0.05, 0.1) is 0 Å². The van der Waals surface area contributed by atoms with Crippen LogP contribution in [0.15, 0.2) is 0 Å². The maximum absolute atomic E-state index is 11.3. The van der Waals surface area contributed by atoms with E-state index >= 15 is 0 Å². The van der Waals surface area contributed by atoms with Gasteiger partial charge in [-0.05, 0) is 59.2 Å². The zero-order valence-electron chi connectivity index (χ0n) is 11.6. The molecular weight excluding hydrogens is 228 g/mol. The van der Waals surface area contributed by atoms with Gasteiger partial charge in [0.15, 0.2) is 0 Å². The van der Waals surface area contributed by atoms with E-state index in [4.69, 9.17) is 0 Å². The lowest BCUT2D eigenvalue weighted by atomic mass is 9.94. The lowest BCUT2D eigenvalue weighted by Crippen LogP contribution is -2.54. The first-order valence-electron chi connectivity index (χ1n) is 7.32. The third-order valence-electron chi connectivity index (χ3n) is 4.53. The van der Waals surface area contributed by atoms with Crippen LogP contribution in [0.1, 0.15) is 46.0 Å². The number of carboxylic acid groups (broad SMARTS) is 1. The molecule has 0 aromatic rings. The second kappa shape index (κ2) is 6.02. The molecule has 2 fully saturated rings. The Morgan fingerprint density at radius 2 is 1.78 bits per heavy atom. The van der Waals surface area contributed by atoms with Crippen LogP contribution in [0, 0.1) is 0 Å². The Morgan fingerprint density at radius 3 is 2.33 bits per heavy atom. The summed E-state index contributed by atoms with van der Waals surface area (Å²) in [6.07, 6.45) is 5.32. The number of carbonyl (C=O) groups is 1. The molecule has 2 heterocycles. The summed E-state index contributed by atoms with van der Waals surface area (Å²) in [7, 11) is 0. The lowest BCUT2D eigenvalue weighted by Gasteiger charge is -2.44. The molecule has 4 heteroatoms. The highest BCUT2D eigenvalue weighted by Crippen LogP contribution is 2.26. The standard InChI is InChI=1S/C14H26N2O2/c1-11(2)15-9-6-12(7-10-15)16-8-4-3-5-13(16)14(17)18/h11-13H,3-10H2,1-2H3,(H,17,18). The third kappa shape index (κ3) is 3.04. The summed E-state index contributed by atoms with van der Waals surface area (Å²) in [5.74, 6) is -0.624. The summed E-state index contributed by atoms with van der Waals surface area (Å²) in [6.45, 7) is 7.68. The maximum atomic E-state index is 11.3. The van der Waals surface area contributed by atoms with E-state index in [1.165, 1.54) is 0 Å². The molecule has 0 aliphatic carbocycles. The van der Waals surface area contributed by atoms with Gasteiger partial charge in [-0.2, -0.15) is 0 Å². The molecule has 0 amide bonds. The zero-order valence-corrected chi connectivity index (χ0v) is 11.6. The van der Waals surface area contributed by atoms with Gasteiger partial charge < -0.3 is 10.0 Å². The number of aliphatic carboxylic acids is 1. The maximum Gasteiger partial charge on any atom is 0.320 e. The predicted octanol–water partition coefficient (Wildman–Crippen LogP) is 1.80. The predicted molar refractivity (Wildman–Crippen MR) is 71.7 cm³/mol. The Labute approximate surface area is 110 Å². The summed E-state index contributed by atoms with van der Waals surface area (Å²) in [4.78, 5) is 16.1. The molecule has 0 aromatic heterocycles. The minimum atomic E-state index is -0.624.